The molecule has 1 saturated heterocycles. The highest BCUT2D eigenvalue weighted by Gasteiger charge is 2.15. The summed E-state index contributed by atoms with van der Waals surface area (Å²) in [6.07, 6.45) is 1.55. The number of esters is 1. The molecule has 0 atom stereocenters. The molecule has 5 nitrogen and oxygen atoms in total. The number of carbonyl (C=O) groups excluding carboxylic acids is 1. The fraction of sp³-hybridized carbons (Fsp3) is 0.200. The van der Waals surface area contributed by atoms with Crippen LogP contribution in [0.15, 0.2) is 54.7 Å². The molecule has 0 amide bonds. The molecule has 0 spiro atoms. The third-order valence-corrected chi connectivity index (χ3v) is 4.68. The Morgan fingerprint density at radius 1 is 1.04 bits per heavy atom. The quantitative estimate of drug-likeness (QED) is 0.517. The van der Waals surface area contributed by atoms with Crippen LogP contribution in [0.1, 0.15) is 10.4 Å². The topological polar surface area (TPSA) is 51.7 Å². The van der Waals surface area contributed by atoms with E-state index >= 15 is 0 Å². The third-order valence-electron chi connectivity index (χ3n) is 4.35. The van der Waals surface area contributed by atoms with Gasteiger partial charge in [-0.15, -0.1) is 0 Å². The molecule has 4 rings (SSSR count). The molecule has 0 saturated carbocycles. The van der Waals surface area contributed by atoms with Crippen molar-refractivity contribution >= 4 is 34.2 Å². The average molecular weight is 369 g/mol. The summed E-state index contributed by atoms with van der Waals surface area (Å²) in [7, 11) is 0. The van der Waals surface area contributed by atoms with Gasteiger partial charge < -0.3 is 14.4 Å². The highest BCUT2D eigenvalue weighted by molar-refractivity contribution is 6.35. The van der Waals surface area contributed by atoms with Crippen LogP contribution >= 0.6 is 11.6 Å². The lowest BCUT2D eigenvalue weighted by atomic mass is 10.1. The predicted octanol–water partition coefficient (Wildman–Crippen LogP) is 3.94. The minimum atomic E-state index is -0.446. The van der Waals surface area contributed by atoms with Gasteiger partial charge in [0.1, 0.15) is 11.6 Å². The van der Waals surface area contributed by atoms with Crippen LogP contribution in [0.4, 0.5) is 5.82 Å². The van der Waals surface area contributed by atoms with Crippen molar-refractivity contribution in [3.05, 3.63) is 65.3 Å². The van der Waals surface area contributed by atoms with Gasteiger partial charge in [-0.1, -0.05) is 35.9 Å². The summed E-state index contributed by atoms with van der Waals surface area (Å²) in [5.74, 6) is 0.868. The zero-order valence-electron chi connectivity index (χ0n) is 14.0. The highest BCUT2D eigenvalue weighted by Crippen LogP contribution is 2.31. The number of hydrogen-bond acceptors (Lipinski definition) is 5. The molecular weight excluding hydrogens is 352 g/mol. The van der Waals surface area contributed by atoms with Crippen molar-refractivity contribution in [1.82, 2.24) is 4.98 Å². The predicted molar refractivity (Wildman–Crippen MR) is 101 cm³/mol. The molecule has 0 unspecified atom stereocenters. The zero-order valence-corrected chi connectivity index (χ0v) is 14.8. The number of hydrogen-bond donors (Lipinski definition) is 0. The molecule has 1 aromatic heterocycles. The van der Waals surface area contributed by atoms with Crippen molar-refractivity contribution in [2.24, 2.45) is 0 Å². The van der Waals surface area contributed by atoms with Crippen molar-refractivity contribution in [3.8, 4) is 5.75 Å². The van der Waals surface area contributed by atoms with E-state index < -0.39 is 5.97 Å². The maximum Gasteiger partial charge on any atom is 0.345 e. The van der Waals surface area contributed by atoms with Crippen LogP contribution in [-0.4, -0.2) is 37.3 Å². The average Bonchev–Trinajstić information content (AvgIpc) is 2.71. The minimum Gasteiger partial charge on any atom is -0.422 e. The van der Waals surface area contributed by atoms with E-state index in [2.05, 4.69) is 9.88 Å². The highest BCUT2D eigenvalue weighted by atomic mass is 35.5. The monoisotopic (exact) mass is 368 g/mol. The Labute approximate surface area is 156 Å². The number of nitrogens with zero attached hydrogens (tertiary/aromatic N) is 2. The minimum absolute atomic E-state index is 0.404. The smallest absolute Gasteiger partial charge is 0.345 e. The van der Waals surface area contributed by atoms with E-state index in [1.807, 2.05) is 30.3 Å². The molecule has 2 heterocycles. The summed E-state index contributed by atoms with van der Waals surface area (Å²) in [6.45, 7) is 2.98. The molecule has 0 N–H and O–H groups in total. The first-order valence-corrected chi connectivity index (χ1v) is 8.78. The van der Waals surface area contributed by atoms with E-state index in [0.717, 1.165) is 29.7 Å². The lowest BCUT2D eigenvalue weighted by molar-refractivity contribution is 0.0736. The molecule has 132 valence electrons. The second-order valence-corrected chi connectivity index (χ2v) is 6.39. The lowest BCUT2D eigenvalue weighted by Crippen LogP contribution is -2.36. The number of morpholine rings is 1. The Balaban J connectivity index is 1.54. The van der Waals surface area contributed by atoms with Gasteiger partial charge in [0, 0.05) is 35.1 Å². The Morgan fingerprint density at radius 3 is 2.54 bits per heavy atom. The Bertz CT molecular complexity index is 937. The number of pyridine rings is 1. The summed E-state index contributed by atoms with van der Waals surface area (Å²) >= 11 is 6.21. The van der Waals surface area contributed by atoms with Gasteiger partial charge in [0.05, 0.1) is 18.8 Å². The van der Waals surface area contributed by atoms with Gasteiger partial charge in [0.15, 0.2) is 0 Å². The van der Waals surface area contributed by atoms with E-state index in [-0.39, 0.29) is 0 Å². The van der Waals surface area contributed by atoms with Gasteiger partial charge in [-0.3, -0.25) is 0 Å². The van der Waals surface area contributed by atoms with E-state index in [9.17, 15) is 4.79 Å². The van der Waals surface area contributed by atoms with Crippen LogP contribution in [0.25, 0.3) is 10.8 Å². The molecule has 1 aliphatic rings. The normalized spacial score (nSPS) is 14.4. The number of ether oxygens (including phenoxy) is 2. The largest absolute Gasteiger partial charge is 0.422 e. The van der Waals surface area contributed by atoms with Crippen LogP contribution in [0.5, 0.6) is 5.75 Å². The van der Waals surface area contributed by atoms with Crippen LogP contribution in [0, 0.1) is 0 Å². The van der Waals surface area contributed by atoms with Gasteiger partial charge in [0.2, 0.25) is 0 Å². The molecule has 3 aromatic rings. The second-order valence-electron chi connectivity index (χ2n) is 5.99. The number of anilines is 1. The second kappa shape index (κ2) is 7.32. The van der Waals surface area contributed by atoms with E-state index in [1.165, 1.54) is 0 Å². The first kappa shape index (κ1) is 16.8. The van der Waals surface area contributed by atoms with Crippen LogP contribution in [0.2, 0.25) is 5.02 Å². The maximum absolute atomic E-state index is 12.5. The molecule has 0 aliphatic carbocycles. The molecular formula is C20H17ClN2O3. The molecule has 26 heavy (non-hydrogen) atoms. The number of carbonyl (C=O) groups is 1. The van der Waals surface area contributed by atoms with E-state index in [1.54, 1.807) is 24.4 Å². The molecule has 0 bridgehead atoms. The van der Waals surface area contributed by atoms with Crippen molar-refractivity contribution in [1.29, 1.82) is 0 Å². The zero-order chi connectivity index (χ0) is 17.9. The first-order valence-electron chi connectivity index (χ1n) is 8.40. The van der Waals surface area contributed by atoms with Gasteiger partial charge in [-0.2, -0.15) is 0 Å². The standard InChI is InChI=1S/C20H17ClN2O3/c21-17-6-7-18(16-4-2-1-3-15(16)17)26-20(24)14-5-8-19(22-13-14)23-9-11-25-12-10-23/h1-8,13H,9-12H2. The Morgan fingerprint density at radius 2 is 1.81 bits per heavy atom. The SMILES string of the molecule is O=C(Oc1ccc(Cl)c2ccccc12)c1ccc(N2CCOCC2)nc1. The molecule has 2 aromatic carbocycles. The van der Waals surface area contributed by atoms with E-state index in [0.29, 0.717) is 29.5 Å². The number of aromatic nitrogens is 1. The Hall–Kier alpha value is -2.63. The van der Waals surface area contributed by atoms with Crippen LogP contribution < -0.4 is 9.64 Å². The van der Waals surface area contributed by atoms with Crippen LogP contribution in [0.3, 0.4) is 0 Å². The number of halogens is 1. The van der Waals surface area contributed by atoms with Crippen molar-refractivity contribution < 1.29 is 14.3 Å². The summed E-state index contributed by atoms with van der Waals surface area (Å²) < 4.78 is 10.9. The van der Waals surface area contributed by atoms with Crippen molar-refractivity contribution in [2.45, 2.75) is 0 Å². The molecule has 1 aliphatic heterocycles. The molecule has 1 fully saturated rings. The van der Waals surface area contributed by atoms with Gasteiger partial charge in [-0.05, 0) is 24.3 Å². The fourth-order valence-electron chi connectivity index (χ4n) is 2.97. The molecule has 6 heteroatoms. The van der Waals surface area contributed by atoms with Crippen molar-refractivity contribution in [3.63, 3.8) is 0 Å². The van der Waals surface area contributed by atoms with Gasteiger partial charge in [-0.25, -0.2) is 9.78 Å². The summed E-state index contributed by atoms with van der Waals surface area (Å²) in [4.78, 5) is 19.0. The van der Waals surface area contributed by atoms with Crippen molar-refractivity contribution in [2.75, 3.05) is 31.2 Å². The summed E-state index contributed by atoms with van der Waals surface area (Å²) in [5, 5.41) is 2.27. The lowest BCUT2D eigenvalue weighted by Gasteiger charge is -2.27. The number of fused-ring (bicyclic) bond motifs is 1. The Kier molecular flexibility index (Phi) is 4.73. The fourth-order valence-corrected chi connectivity index (χ4v) is 3.20. The van der Waals surface area contributed by atoms with Crippen LogP contribution in [-0.2, 0) is 4.74 Å². The first-order chi connectivity index (χ1) is 12.7. The third kappa shape index (κ3) is 3.36. The van der Waals surface area contributed by atoms with Gasteiger partial charge >= 0.3 is 5.97 Å². The molecule has 0 radical (unpaired) electrons. The summed E-state index contributed by atoms with van der Waals surface area (Å²) in [6, 6.07) is 14.6. The number of benzene rings is 2. The van der Waals surface area contributed by atoms with Gasteiger partial charge in [0.25, 0.3) is 0 Å². The maximum atomic E-state index is 12.5. The number of rotatable bonds is 3. The summed E-state index contributed by atoms with van der Waals surface area (Å²) in [5.41, 5.74) is 0.404. The van der Waals surface area contributed by atoms with E-state index in [4.69, 9.17) is 21.1 Å².